The molecule has 21 heavy (non-hydrogen) atoms. The third-order valence-corrected chi connectivity index (χ3v) is 3.18. The highest BCUT2D eigenvalue weighted by molar-refractivity contribution is 5.79. The quantitative estimate of drug-likeness (QED) is 0.771. The number of para-hydroxylation sites is 2. The van der Waals surface area contributed by atoms with Crippen molar-refractivity contribution in [3.8, 4) is 11.5 Å². The van der Waals surface area contributed by atoms with Crippen molar-refractivity contribution in [1.82, 2.24) is 19.1 Å². The molecule has 0 unspecified atom stereocenters. The van der Waals surface area contributed by atoms with Crippen LogP contribution in [0.3, 0.4) is 0 Å². The second-order valence-corrected chi connectivity index (χ2v) is 4.60. The normalized spacial score (nSPS) is 10.9. The van der Waals surface area contributed by atoms with Gasteiger partial charge in [-0.15, -0.1) is 0 Å². The highest BCUT2D eigenvalue weighted by atomic mass is 16.4. The number of nitrogens with zero attached hydrogens (tertiary/aromatic N) is 4. The second-order valence-electron chi connectivity index (χ2n) is 4.60. The van der Waals surface area contributed by atoms with Crippen LogP contribution in [0.2, 0.25) is 0 Å². The molecule has 0 bridgehead atoms. The molecule has 0 spiro atoms. The zero-order valence-electron chi connectivity index (χ0n) is 11.2. The van der Waals surface area contributed by atoms with E-state index in [1.165, 1.54) is 4.57 Å². The first kappa shape index (κ1) is 13.0. The zero-order valence-corrected chi connectivity index (χ0v) is 11.2. The number of fused-ring (bicyclic) bond motifs is 1. The number of hydrogen-bond acceptors (Lipinski definition) is 4. The van der Waals surface area contributed by atoms with E-state index < -0.39 is 18.1 Å². The third kappa shape index (κ3) is 2.18. The van der Waals surface area contributed by atoms with Crippen molar-refractivity contribution in [1.29, 1.82) is 0 Å². The Morgan fingerprint density at radius 3 is 2.76 bits per heavy atom. The predicted molar refractivity (Wildman–Crippen MR) is 75.8 cm³/mol. The molecule has 2 heterocycles. The topological polar surface area (TPSA) is 90.0 Å². The van der Waals surface area contributed by atoms with E-state index in [2.05, 4.69) is 9.97 Å². The zero-order chi connectivity index (χ0) is 15.0. The average Bonchev–Trinajstić information content (AvgIpc) is 2.87. The lowest BCUT2D eigenvalue weighted by Crippen LogP contribution is -2.27. The molecule has 3 aromatic rings. The Bertz CT molecular complexity index is 895. The molecule has 0 aliphatic rings. The summed E-state index contributed by atoms with van der Waals surface area (Å²) in [7, 11) is 1.75. The van der Waals surface area contributed by atoms with Gasteiger partial charge in [-0.1, -0.05) is 12.1 Å². The van der Waals surface area contributed by atoms with Crippen LogP contribution in [0.25, 0.3) is 22.6 Å². The minimum Gasteiger partial charge on any atom is -0.480 e. The molecule has 1 N–H and O–H groups in total. The van der Waals surface area contributed by atoms with Gasteiger partial charge in [0.2, 0.25) is 0 Å². The van der Waals surface area contributed by atoms with Crippen LogP contribution in [0.15, 0.2) is 41.5 Å². The number of benzene rings is 1. The minimum atomic E-state index is -1.08. The lowest BCUT2D eigenvalue weighted by molar-refractivity contribution is -0.137. The standard InChI is InChI=1S/C14H12N4O3/c1-17-7-6-15-13(17)12-14(21)18(8-11(19)20)10-5-3-2-4-9(10)16-12/h2-7H,8H2,1H3,(H,19,20). The molecular weight excluding hydrogens is 272 g/mol. The summed E-state index contributed by atoms with van der Waals surface area (Å²) in [6.07, 6.45) is 3.26. The van der Waals surface area contributed by atoms with E-state index in [4.69, 9.17) is 5.11 Å². The lowest BCUT2D eigenvalue weighted by atomic mass is 10.2. The molecule has 3 rings (SSSR count). The van der Waals surface area contributed by atoms with Crippen molar-refractivity contribution < 1.29 is 9.90 Å². The van der Waals surface area contributed by atoms with Gasteiger partial charge in [0.05, 0.1) is 11.0 Å². The SMILES string of the molecule is Cn1ccnc1-c1nc2ccccc2n(CC(=O)O)c1=O. The van der Waals surface area contributed by atoms with Gasteiger partial charge >= 0.3 is 5.97 Å². The van der Waals surface area contributed by atoms with E-state index in [0.29, 0.717) is 16.9 Å². The Kier molecular flexibility index (Phi) is 3.02. The Hall–Kier alpha value is -2.96. The summed E-state index contributed by atoms with van der Waals surface area (Å²) < 4.78 is 2.87. The van der Waals surface area contributed by atoms with Crippen LogP contribution in [0, 0.1) is 0 Å². The Balaban J connectivity index is 2.37. The molecule has 106 valence electrons. The molecule has 0 saturated heterocycles. The van der Waals surface area contributed by atoms with Crippen LogP contribution in [0.1, 0.15) is 0 Å². The van der Waals surface area contributed by atoms with E-state index in [1.54, 1.807) is 48.3 Å². The second kappa shape index (κ2) is 4.86. The number of aryl methyl sites for hydroxylation is 1. The summed E-state index contributed by atoms with van der Waals surface area (Å²) in [5, 5.41) is 9.03. The number of carboxylic acids is 1. The number of rotatable bonds is 3. The summed E-state index contributed by atoms with van der Waals surface area (Å²) >= 11 is 0. The molecular formula is C14H12N4O3. The van der Waals surface area contributed by atoms with E-state index in [0.717, 1.165) is 0 Å². The van der Waals surface area contributed by atoms with Crippen LogP contribution < -0.4 is 5.56 Å². The number of carboxylic acid groups (broad SMARTS) is 1. The van der Waals surface area contributed by atoms with E-state index in [9.17, 15) is 9.59 Å². The molecule has 0 atom stereocenters. The van der Waals surface area contributed by atoms with E-state index >= 15 is 0 Å². The highest BCUT2D eigenvalue weighted by Crippen LogP contribution is 2.15. The molecule has 0 fully saturated rings. The molecule has 1 aromatic carbocycles. The number of carbonyl (C=O) groups is 1. The van der Waals surface area contributed by atoms with Gasteiger partial charge in [0.25, 0.3) is 5.56 Å². The first-order valence-corrected chi connectivity index (χ1v) is 6.27. The van der Waals surface area contributed by atoms with Crippen molar-refractivity contribution in [2.24, 2.45) is 7.05 Å². The maximum Gasteiger partial charge on any atom is 0.323 e. The first-order chi connectivity index (χ1) is 10.1. The lowest BCUT2D eigenvalue weighted by Gasteiger charge is -2.10. The predicted octanol–water partition coefficient (Wildman–Crippen LogP) is 0.882. The molecule has 0 saturated carbocycles. The third-order valence-electron chi connectivity index (χ3n) is 3.18. The maximum absolute atomic E-state index is 12.6. The Morgan fingerprint density at radius 2 is 2.10 bits per heavy atom. The monoisotopic (exact) mass is 284 g/mol. The molecule has 0 amide bonds. The van der Waals surface area contributed by atoms with Crippen molar-refractivity contribution in [3.63, 3.8) is 0 Å². The summed E-state index contributed by atoms with van der Waals surface area (Å²) in [6, 6.07) is 6.93. The van der Waals surface area contributed by atoms with Crippen LogP contribution in [-0.4, -0.2) is 30.2 Å². The van der Waals surface area contributed by atoms with Crippen molar-refractivity contribution in [3.05, 3.63) is 47.0 Å². The average molecular weight is 284 g/mol. The number of aromatic nitrogens is 4. The Morgan fingerprint density at radius 1 is 1.33 bits per heavy atom. The summed E-state index contributed by atoms with van der Waals surface area (Å²) in [5.41, 5.74) is 0.715. The molecule has 0 aliphatic carbocycles. The fourth-order valence-corrected chi connectivity index (χ4v) is 2.22. The first-order valence-electron chi connectivity index (χ1n) is 6.27. The van der Waals surface area contributed by atoms with Gasteiger partial charge < -0.3 is 9.67 Å². The van der Waals surface area contributed by atoms with Crippen LogP contribution in [0.5, 0.6) is 0 Å². The van der Waals surface area contributed by atoms with E-state index in [1.807, 2.05) is 0 Å². The van der Waals surface area contributed by atoms with Crippen LogP contribution in [-0.2, 0) is 18.4 Å². The van der Waals surface area contributed by atoms with Gasteiger partial charge in [-0.05, 0) is 12.1 Å². The molecule has 7 nitrogen and oxygen atoms in total. The fourth-order valence-electron chi connectivity index (χ4n) is 2.22. The molecule has 7 heteroatoms. The largest absolute Gasteiger partial charge is 0.480 e. The van der Waals surface area contributed by atoms with Gasteiger partial charge in [0, 0.05) is 19.4 Å². The minimum absolute atomic E-state index is 0.141. The van der Waals surface area contributed by atoms with Crippen molar-refractivity contribution in [2.45, 2.75) is 6.54 Å². The summed E-state index contributed by atoms with van der Waals surface area (Å²) in [4.78, 5) is 32.0. The van der Waals surface area contributed by atoms with Gasteiger partial charge in [-0.2, -0.15) is 0 Å². The smallest absolute Gasteiger partial charge is 0.323 e. The Labute approximate surface area is 119 Å². The fraction of sp³-hybridized carbons (Fsp3) is 0.143. The van der Waals surface area contributed by atoms with Gasteiger partial charge in [-0.25, -0.2) is 9.97 Å². The van der Waals surface area contributed by atoms with Crippen LogP contribution >= 0.6 is 0 Å². The number of hydrogen-bond donors (Lipinski definition) is 1. The van der Waals surface area contributed by atoms with Crippen molar-refractivity contribution in [2.75, 3.05) is 0 Å². The van der Waals surface area contributed by atoms with E-state index in [-0.39, 0.29) is 5.69 Å². The van der Waals surface area contributed by atoms with Crippen molar-refractivity contribution >= 4 is 17.0 Å². The number of aliphatic carboxylic acids is 1. The summed E-state index contributed by atoms with van der Waals surface area (Å²) in [6.45, 7) is -0.417. The number of imidazole rings is 1. The van der Waals surface area contributed by atoms with Gasteiger partial charge in [0.15, 0.2) is 11.5 Å². The summed E-state index contributed by atoms with van der Waals surface area (Å²) in [5.74, 6) is -0.677. The van der Waals surface area contributed by atoms with Gasteiger partial charge in [-0.3, -0.25) is 14.2 Å². The highest BCUT2D eigenvalue weighted by Gasteiger charge is 2.16. The maximum atomic E-state index is 12.6. The molecule has 2 aromatic heterocycles. The molecule has 0 aliphatic heterocycles. The van der Waals surface area contributed by atoms with Crippen LogP contribution in [0.4, 0.5) is 0 Å². The van der Waals surface area contributed by atoms with Gasteiger partial charge in [0.1, 0.15) is 6.54 Å². The molecule has 0 radical (unpaired) electrons.